The molecule has 2 aliphatic heterocycles. The average Bonchev–Trinajstić information content (AvgIpc) is 3.26. The first kappa shape index (κ1) is 55.3. The number of ether oxygens (including phenoxy) is 3. The fraction of sp³-hybridized carbons (Fsp3) is 0.947. The summed E-state index contributed by atoms with van der Waals surface area (Å²) in [5.41, 5.74) is -0.463. The van der Waals surface area contributed by atoms with Crippen LogP contribution in [0.2, 0.25) is 0 Å². The van der Waals surface area contributed by atoms with Gasteiger partial charge in [0.05, 0.1) is 30.3 Å². The van der Waals surface area contributed by atoms with Crippen LogP contribution in [0.5, 0.6) is 0 Å². The van der Waals surface area contributed by atoms with E-state index in [1.165, 1.54) is 250 Å². The summed E-state index contributed by atoms with van der Waals surface area (Å²) in [7, 11) is 0. The van der Waals surface area contributed by atoms with Crippen molar-refractivity contribution in [1.29, 1.82) is 0 Å². The van der Waals surface area contributed by atoms with Gasteiger partial charge < -0.3 is 19.3 Å². The number of aliphatic hydroxyl groups is 1. The number of fused-ring (bicyclic) bond motifs is 2. The minimum absolute atomic E-state index is 0.0173. The molecule has 2 heterocycles. The monoisotopic (exact) mass is 871 g/mol. The van der Waals surface area contributed by atoms with Crippen LogP contribution in [0.25, 0.3) is 0 Å². The molecule has 6 unspecified atom stereocenters. The minimum Gasteiger partial charge on any atom is -0.511 e. The van der Waals surface area contributed by atoms with Crippen LogP contribution in [-0.4, -0.2) is 42.1 Å². The second-order valence-electron chi connectivity index (χ2n) is 21.1. The minimum atomic E-state index is -0.480. The van der Waals surface area contributed by atoms with Crippen LogP contribution in [0, 0.1) is 17.3 Å². The number of unbranched alkanes of at least 4 members (excludes halogenated alkanes) is 32. The van der Waals surface area contributed by atoms with Gasteiger partial charge in [0.15, 0.2) is 0 Å². The highest BCUT2D eigenvalue weighted by Gasteiger charge is 2.69. The van der Waals surface area contributed by atoms with Crippen molar-refractivity contribution in [2.75, 3.05) is 13.2 Å². The summed E-state index contributed by atoms with van der Waals surface area (Å²) >= 11 is 0. The summed E-state index contributed by atoms with van der Waals surface area (Å²) in [5.74, 6) is -0.0290. The molecule has 1 saturated heterocycles. The van der Waals surface area contributed by atoms with Crippen LogP contribution < -0.4 is 0 Å². The molecule has 0 aromatic rings. The van der Waals surface area contributed by atoms with Crippen LogP contribution in [-0.2, 0) is 19.0 Å². The second kappa shape index (κ2) is 35.2. The van der Waals surface area contributed by atoms with Crippen molar-refractivity contribution in [2.45, 2.75) is 315 Å². The smallest absolute Gasteiger partial charge is 0.334 e. The van der Waals surface area contributed by atoms with E-state index in [1.807, 2.05) is 0 Å². The Morgan fingerprint density at radius 2 is 0.935 bits per heavy atom. The third kappa shape index (κ3) is 20.6. The summed E-state index contributed by atoms with van der Waals surface area (Å²) in [6.45, 7) is 10.7. The zero-order chi connectivity index (χ0) is 44.4. The lowest BCUT2D eigenvalue weighted by molar-refractivity contribution is -0.332. The molecule has 0 aromatic heterocycles. The average molecular weight is 871 g/mol. The predicted molar refractivity (Wildman–Crippen MR) is 265 cm³/mol. The molecule has 0 radical (unpaired) electrons. The Bertz CT molecular complexity index is 1100. The Hall–Kier alpha value is -1.07. The molecule has 1 saturated carbocycles. The molecule has 1 N–H and O–H groups in total. The normalized spacial score (nSPS) is 23.9. The summed E-state index contributed by atoms with van der Waals surface area (Å²) in [4.78, 5) is 13.0. The van der Waals surface area contributed by atoms with E-state index in [2.05, 4.69) is 27.7 Å². The summed E-state index contributed by atoms with van der Waals surface area (Å²) < 4.78 is 20.1. The summed E-state index contributed by atoms with van der Waals surface area (Å²) in [6.07, 6.45) is 55.5. The molecule has 0 amide bonds. The van der Waals surface area contributed by atoms with Gasteiger partial charge in [-0.1, -0.05) is 259 Å². The first-order chi connectivity index (χ1) is 30.5. The number of aliphatic hydroxyl groups excluding tert-OH is 1. The molecule has 3 aliphatic rings. The maximum absolute atomic E-state index is 13.0. The van der Waals surface area contributed by atoms with E-state index in [0.717, 1.165) is 38.9 Å². The number of rotatable bonds is 43. The molecule has 3 rings (SSSR count). The molecule has 364 valence electrons. The molecule has 1 aliphatic carbocycles. The third-order valence-corrected chi connectivity index (χ3v) is 15.8. The van der Waals surface area contributed by atoms with E-state index in [9.17, 15) is 9.90 Å². The van der Waals surface area contributed by atoms with Gasteiger partial charge in [0, 0.05) is 12.0 Å². The quantitative estimate of drug-likeness (QED) is 0.0488. The van der Waals surface area contributed by atoms with Crippen LogP contribution in [0.4, 0.5) is 0 Å². The Labute approximate surface area is 386 Å². The second-order valence-corrected chi connectivity index (χ2v) is 21.1. The lowest BCUT2D eigenvalue weighted by Crippen LogP contribution is -2.73. The Morgan fingerprint density at radius 1 is 0.565 bits per heavy atom. The van der Waals surface area contributed by atoms with Crippen LogP contribution in [0.3, 0.4) is 0 Å². The van der Waals surface area contributed by atoms with E-state index in [4.69, 9.17) is 14.2 Å². The largest absolute Gasteiger partial charge is 0.511 e. The van der Waals surface area contributed by atoms with Crippen molar-refractivity contribution in [3.05, 3.63) is 11.8 Å². The van der Waals surface area contributed by atoms with Gasteiger partial charge in [0.1, 0.15) is 11.9 Å². The van der Waals surface area contributed by atoms with Gasteiger partial charge in [0.25, 0.3) is 0 Å². The topological polar surface area (TPSA) is 65.0 Å². The SMILES string of the molecule is CCCCCCCCCCCCC(CCCCCCCCCC)COC1CCC2(OCC2(CCCCCCCCCC)CCCCCCCCCCCC)C2C(O)=CC(=O)OC12. The number of carbonyl (C=O) groups excluding carboxylic acids is 1. The van der Waals surface area contributed by atoms with Gasteiger partial charge >= 0.3 is 5.97 Å². The number of hydrogen-bond acceptors (Lipinski definition) is 5. The zero-order valence-electron chi connectivity index (χ0n) is 42.1. The maximum Gasteiger partial charge on any atom is 0.334 e. The van der Waals surface area contributed by atoms with Crippen molar-refractivity contribution < 1.29 is 24.1 Å². The number of esters is 1. The van der Waals surface area contributed by atoms with E-state index >= 15 is 0 Å². The molecule has 2 fully saturated rings. The Morgan fingerprint density at radius 3 is 1.31 bits per heavy atom. The molecule has 5 heteroatoms. The molecule has 0 bridgehead atoms. The summed E-state index contributed by atoms with van der Waals surface area (Å²) in [6, 6.07) is 0. The first-order valence-electron chi connectivity index (χ1n) is 28.3. The van der Waals surface area contributed by atoms with E-state index in [0.29, 0.717) is 5.92 Å². The summed E-state index contributed by atoms with van der Waals surface area (Å²) in [5, 5.41) is 11.8. The lowest BCUT2D eigenvalue weighted by atomic mass is 9.51. The van der Waals surface area contributed by atoms with Crippen LogP contribution in [0.15, 0.2) is 11.8 Å². The molecule has 62 heavy (non-hydrogen) atoms. The van der Waals surface area contributed by atoms with Crippen molar-refractivity contribution in [2.24, 2.45) is 17.3 Å². The maximum atomic E-state index is 13.0. The highest BCUT2D eigenvalue weighted by molar-refractivity contribution is 5.83. The van der Waals surface area contributed by atoms with Gasteiger partial charge in [0.2, 0.25) is 0 Å². The predicted octanol–water partition coefficient (Wildman–Crippen LogP) is 18.2. The molecule has 6 atom stereocenters. The van der Waals surface area contributed by atoms with E-state index in [1.54, 1.807) is 0 Å². The van der Waals surface area contributed by atoms with Gasteiger partial charge in [-0.05, 0) is 44.4 Å². The molecule has 0 aromatic carbocycles. The van der Waals surface area contributed by atoms with Crippen molar-refractivity contribution >= 4 is 5.97 Å². The molecule has 1 spiro atoms. The van der Waals surface area contributed by atoms with Crippen LogP contribution >= 0.6 is 0 Å². The molecular weight excluding hydrogens is 765 g/mol. The Balaban J connectivity index is 1.63. The molecule has 5 nitrogen and oxygen atoms in total. The Kier molecular flexibility index (Phi) is 31.3. The van der Waals surface area contributed by atoms with Crippen molar-refractivity contribution in [1.82, 2.24) is 0 Å². The first-order valence-corrected chi connectivity index (χ1v) is 28.3. The van der Waals surface area contributed by atoms with Gasteiger partial charge in [-0.3, -0.25) is 0 Å². The van der Waals surface area contributed by atoms with Gasteiger partial charge in [-0.2, -0.15) is 0 Å². The number of carbonyl (C=O) groups is 1. The van der Waals surface area contributed by atoms with E-state index in [-0.39, 0.29) is 23.2 Å². The highest BCUT2D eigenvalue weighted by Crippen LogP contribution is 2.63. The highest BCUT2D eigenvalue weighted by atomic mass is 16.6. The van der Waals surface area contributed by atoms with Crippen LogP contribution in [0.1, 0.15) is 297 Å². The van der Waals surface area contributed by atoms with Crippen molar-refractivity contribution in [3.63, 3.8) is 0 Å². The van der Waals surface area contributed by atoms with Gasteiger partial charge in [-0.15, -0.1) is 0 Å². The zero-order valence-corrected chi connectivity index (χ0v) is 42.1. The fourth-order valence-corrected chi connectivity index (χ4v) is 11.8. The fourth-order valence-electron chi connectivity index (χ4n) is 11.8. The standard InChI is InChI=1S/C57H106O5/c1-5-9-13-17-21-25-27-30-34-38-42-50(41-37-33-29-23-19-15-11-7-3)48-60-52-43-46-57(54-51(58)47-53(59)62-55(52)54)56(49-61-57,44-39-35-31-24-20-16-12-8-4)45-40-36-32-28-26-22-18-14-10-6-2/h47,50,52,54-55,58H,5-46,48-49H2,1-4H3. The van der Waals surface area contributed by atoms with Crippen molar-refractivity contribution in [3.8, 4) is 0 Å². The van der Waals surface area contributed by atoms with E-state index < -0.39 is 17.7 Å². The lowest BCUT2D eigenvalue weighted by Gasteiger charge is -2.66. The van der Waals surface area contributed by atoms with Gasteiger partial charge in [-0.25, -0.2) is 4.79 Å². The third-order valence-electron chi connectivity index (χ3n) is 15.8. The number of hydrogen-bond donors (Lipinski definition) is 1. The molecular formula is C57H106O5.